The molecule has 0 amide bonds. The number of hydrogen-bond donors (Lipinski definition) is 1. The molecule has 0 spiro atoms. The van der Waals surface area contributed by atoms with Crippen molar-refractivity contribution in [2.24, 2.45) is 0 Å². The maximum atomic E-state index is 13.9. The molecule has 0 aliphatic heterocycles. The molecule has 23 heavy (non-hydrogen) atoms. The van der Waals surface area contributed by atoms with E-state index in [4.69, 9.17) is 0 Å². The number of nitrogens with one attached hydrogen (secondary N) is 1. The highest BCUT2D eigenvalue weighted by Crippen LogP contribution is 2.28. The van der Waals surface area contributed by atoms with Crippen molar-refractivity contribution in [3.05, 3.63) is 59.0 Å². The van der Waals surface area contributed by atoms with Gasteiger partial charge < -0.3 is 10.2 Å². The van der Waals surface area contributed by atoms with Gasteiger partial charge in [-0.3, -0.25) is 0 Å². The predicted molar refractivity (Wildman–Crippen MR) is 80.4 cm³/mol. The summed E-state index contributed by atoms with van der Waals surface area (Å²) in [6.45, 7) is 0.669. The molecule has 2 aromatic rings. The van der Waals surface area contributed by atoms with E-state index < -0.39 is 11.9 Å². The van der Waals surface area contributed by atoms with E-state index in [0.717, 1.165) is 6.07 Å². The van der Waals surface area contributed by atoms with Crippen LogP contribution < -0.4 is 5.32 Å². The van der Waals surface area contributed by atoms with Crippen LogP contribution in [-0.2, 0) is 19.3 Å². The molecule has 0 bridgehead atoms. The molecule has 0 atom stereocenters. The minimum Gasteiger partial charge on any atom is -0.366 e. The highest BCUT2D eigenvalue weighted by molar-refractivity contribution is 5.37. The second kappa shape index (κ2) is 6.95. The first-order valence-electron chi connectivity index (χ1n) is 6.96. The van der Waals surface area contributed by atoms with E-state index in [1.165, 1.54) is 18.2 Å². The van der Waals surface area contributed by atoms with E-state index in [1.807, 2.05) is 19.0 Å². The van der Waals surface area contributed by atoms with Gasteiger partial charge in [0.1, 0.15) is 17.3 Å². The Kier molecular flexibility index (Phi) is 5.20. The van der Waals surface area contributed by atoms with Crippen molar-refractivity contribution in [1.29, 1.82) is 0 Å². The molecule has 2 rings (SSSR count). The van der Waals surface area contributed by atoms with Crippen LogP contribution in [0.5, 0.6) is 0 Å². The Balaban J connectivity index is 2.05. The third-order valence-electron chi connectivity index (χ3n) is 3.12. The van der Waals surface area contributed by atoms with Gasteiger partial charge in [-0.25, -0.2) is 9.37 Å². The van der Waals surface area contributed by atoms with Crippen molar-refractivity contribution in [1.82, 2.24) is 9.88 Å². The number of alkyl halides is 3. The summed E-state index contributed by atoms with van der Waals surface area (Å²) in [4.78, 5) is 5.35. The standard InChI is InChI=1S/C16H17F4N3/c1-23(2)10-12-7-6-11(8-13(12)17)9-21-15-5-3-4-14(22-15)16(18,19)20/h3-8H,9-10H2,1-2H3,(H,21,22). The molecule has 0 aliphatic carbocycles. The van der Waals surface area contributed by atoms with E-state index in [2.05, 4.69) is 10.3 Å². The normalized spacial score (nSPS) is 11.8. The first kappa shape index (κ1) is 17.2. The molecule has 0 aliphatic rings. The Morgan fingerprint density at radius 3 is 2.48 bits per heavy atom. The zero-order chi connectivity index (χ0) is 17.0. The molecule has 1 aromatic carbocycles. The van der Waals surface area contributed by atoms with Crippen molar-refractivity contribution in [3.63, 3.8) is 0 Å². The Bertz CT molecular complexity index is 669. The summed E-state index contributed by atoms with van der Waals surface area (Å²) in [5.41, 5.74) is 0.232. The van der Waals surface area contributed by atoms with Crippen LogP contribution >= 0.6 is 0 Å². The van der Waals surface area contributed by atoms with Gasteiger partial charge in [0.15, 0.2) is 0 Å². The van der Waals surface area contributed by atoms with Crippen LogP contribution in [-0.4, -0.2) is 24.0 Å². The number of nitrogens with zero attached hydrogens (tertiary/aromatic N) is 2. The van der Waals surface area contributed by atoms with Gasteiger partial charge in [0.25, 0.3) is 0 Å². The molecular formula is C16H17F4N3. The largest absolute Gasteiger partial charge is 0.433 e. The Morgan fingerprint density at radius 2 is 1.87 bits per heavy atom. The van der Waals surface area contributed by atoms with Crippen molar-refractivity contribution in [2.75, 3.05) is 19.4 Å². The van der Waals surface area contributed by atoms with Gasteiger partial charge in [-0.1, -0.05) is 18.2 Å². The molecular weight excluding hydrogens is 310 g/mol. The fourth-order valence-corrected chi connectivity index (χ4v) is 2.05. The van der Waals surface area contributed by atoms with Crippen LogP contribution in [0, 0.1) is 5.82 Å². The van der Waals surface area contributed by atoms with Crippen molar-refractivity contribution in [3.8, 4) is 0 Å². The number of pyridine rings is 1. The third-order valence-corrected chi connectivity index (χ3v) is 3.12. The summed E-state index contributed by atoms with van der Waals surface area (Å²) >= 11 is 0. The lowest BCUT2D eigenvalue weighted by molar-refractivity contribution is -0.141. The molecule has 0 saturated heterocycles. The lowest BCUT2D eigenvalue weighted by Crippen LogP contribution is -2.12. The number of hydrogen-bond acceptors (Lipinski definition) is 3. The fraction of sp³-hybridized carbons (Fsp3) is 0.312. The van der Waals surface area contributed by atoms with Crippen LogP contribution in [0.25, 0.3) is 0 Å². The second-order valence-corrected chi connectivity index (χ2v) is 5.42. The minimum atomic E-state index is -4.49. The van der Waals surface area contributed by atoms with E-state index in [-0.39, 0.29) is 18.2 Å². The Hall–Kier alpha value is -2.15. The zero-order valence-corrected chi connectivity index (χ0v) is 12.8. The molecule has 7 heteroatoms. The average molecular weight is 327 g/mol. The van der Waals surface area contributed by atoms with Crippen molar-refractivity contribution < 1.29 is 17.6 Å². The highest BCUT2D eigenvalue weighted by Gasteiger charge is 2.32. The first-order chi connectivity index (χ1) is 10.8. The monoisotopic (exact) mass is 327 g/mol. The molecule has 0 fully saturated rings. The van der Waals surface area contributed by atoms with Gasteiger partial charge in [0, 0.05) is 18.7 Å². The van der Waals surface area contributed by atoms with Crippen LogP contribution in [0.3, 0.4) is 0 Å². The van der Waals surface area contributed by atoms with E-state index >= 15 is 0 Å². The van der Waals surface area contributed by atoms with E-state index in [1.54, 1.807) is 12.1 Å². The van der Waals surface area contributed by atoms with Crippen LogP contribution in [0.1, 0.15) is 16.8 Å². The smallest absolute Gasteiger partial charge is 0.366 e. The lowest BCUT2D eigenvalue weighted by atomic mass is 10.1. The van der Waals surface area contributed by atoms with Gasteiger partial charge in [-0.15, -0.1) is 0 Å². The SMILES string of the molecule is CN(C)Cc1ccc(CNc2cccc(C(F)(F)F)n2)cc1F. The number of rotatable bonds is 5. The predicted octanol–water partition coefficient (Wildman–Crippen LogP) is 3.91. The summed E-state index contributed by atoms with van der Waals surface area (Å²) in [5, 5.41) is 2.77. The van der Waals surface area contributed by atoms with Crippen molar-refractivity contribution in [2.45, 2.75) is 19.3 Å². The highest BCUT2D eigenvalue weighted by atomic mass is 19.4. The Morgan fingerprint density at radius 1 is 1.13 bits per heavy atom. The van der Waals surface area contributed by atoms with Crippen LogP contribution in [0.2, 0.25) is 0 Å². The maximum absolute atomic E-state index is 13.9. The van der Waals surface area contributed by atoms with Crippen molar-refractivity contribution >= 4 is 5.82 Å². The molecule has 0 saturated carbocycles. The Labute approximate surface area is 132 Å². The fourth-order valence-electron chi connectivity index (χ4n) is 2.05. The minimum absolute atomic E-state index is 0.0950. The molecule has 124 valence electrons. The zero-order valence-electron chi connectivity index (χ0n) is 12.8. The quantitative estimate of drug-likeness (QED) is 0.844. The third kappa shape index (κ3) is 4.92. The molecule has 0 unspecified atom stereocenters. The summed E-state index contributed by atoms with van der Waals surface area (Å²) < 4.78 is 51.7. The first-order valence-corrected chi connectivity index (χ1v) is 6.96. The van der Waals surface area contributed by atoms with Gasteiger partial charge >= 0.3 is 6.18 Å². The van der Waals surface area contributed by atoms with Crippen LogP contribution in [0.4, 0.5) is 23.4 Å². The molecule has 1 N–H and O–H groups in total. The van der Waals surface area contributed by atoms with Gasteiger partial charge in [-0.05, 0) is 37.9 Å². The molecule has 0 radical (unpaired) electrons. The number of aromatic nitrogens is 1. The topological polar surface area (TPSA) is 28.2 Å². The number of anilines is 1. The molecule has 3 nitrogen and oxygen atoms in total. The van der Waals surface area contributed by atoms with E-state index in [0.29, 0.717) is 17.7 Å². The summed E-state index contributed by atoms with van der Waals surface area (Å²) in [6, 6.07) is 8.40. The number of benzene rings is 1. The molecule has 1 heterocycles. The number of halogens is 4. The van der Waals surface area contributed by atoms with Crippen LogP contribution in [0.15, 0.2) is 36.4 Å². The van der Waals surface area contributed by atoms with Gasteiger partial charge in [-0.2, -0.15) is 13.2 Å². The van der Waals surface area contributed by atoms with E-state index in [9.17, 15) is 17.6 Å². The van der Waals surface area contributed by atoms with Gasteiger partial charge in [0.05, 0.1) is 0 Å². The maximum Gasteiger partial charge on any atom is 0.433 e. The summed E-state index contributed by atoms with van der Waals surface area (Å²) in [6.07, 6.45) is -4.49. The molecule has 1 aromatic heterocycles. The lowest BCUT2D eigenvalue weighted by Gasteiger charge is -2.12. The summed E-state index contributed by atoms with van der Waals surface area (Å²) in [7, 11) is 3.68. The second-order valence-electron chi connectivity index (χ2n) is 5.42. The average Bonchev–Trinajstić information content (AvgIpc) is 2.47. The summed E-state index contributed by atoms with van der Waals surface area (Å²) in [5.74, 6) is -0.243. The van der Waals surface area contributed by atoms with Gasteiger partial charge in [0.2, 0.25) is 0 Å².